The van der Waals surface area contributed by atoms with Crippen LogP contribution in [0.4, 0.5) is 5.95 Å². The van der Waals surface area contributed by atoms with Gasteiger partial charge in [0, 0.05) is 34.9 Å². The van der Waals surface area contributed by atoms with E-state index in [-0.39, 0.29) is 0 Å². The van der Waals surface area contributed by atoms with E-state index in [2.05, 4.69) is 66.0 Å². The molecule has 0 saturated heterocycles. The summed E-state index contributed by atoms with van der Waals surface area (Å²) in [6, 6.07) is 18.6. The lowest BCUT2D eigenvalue weighted by atomic mass is 10.1. The minimum Gasteiger partial charge on any atom is -0.353 e. The van der Waals surface area contributed by atoms with E-state index in [1.54, 1.807) is 0 Å². The molecule has 2 aromatic heterocycles. The molecule has 2 heterocycles. The number of aryl methyl sites for hydroxylation is 1. The highest BCUT2D eigenvalue weighted by molar-refractivity contribution is 6.30. The maximum absolute atomic E-state index is 5.98. The van der Waals surface area contributed by atoms with E-state index >= 15 is 0 Å². The first-order valence-electron chi connectivity index (χ1n) is 9.54. The number of anilines is 1. The Morgan fingerprint density at radius 2 is 1.68 bits per heavy atom. The molecule has 4 aromatic rings. The number of pyridine rings is 1. The zero-order chi connectivity index (χ0) is 19.7. The van der Waals surface area contributed by atoms with Gasteiger partial charge in [-0.3, -0.25) is 4.98 Å². The van der Waals surface area contributed by atoms with Crippen molar-refractivity contribution < 1.29 is 0 Å². The van der Waals surface area contributed by atoms with Gasteiger partial charge in [0.1, 0.15) is 0 Å². The van der Waals surface area contributed by atoms with Crippen LogP contribution in [0.5, 0.6) is 0 Å². The Kier molecular flexibility index (Phi) is 5.05. The zero-order valence-corrected chi connectivity index (χ0v) is 17.0. The van der Waals surface area contributed by atoms with Crippen molar-refractivity contribution in [2.75, 3.05) is 5.32 Å². The highest BCUT2D eigenvalue weighted by Gasteiger charge is 2.12. The Balaban J connectivity index is 1.68. The van der Waals surface area contributed by atoms with Crippen LogP contribution < -0.4 is 5.32 Å². The predicted octanol–water partition coefficient (Wildman–Crippen LogP) is 6.26. The van der Waals surface area contributed by atoms with Crippen LogP contribution in [0.1, 0.15) is 20.8 Å². The van der Waals surface area contributed by atoms with Crippen molar-refractivity contribution in [2.45, 2.75) is 33.4 Å². The largest absolute Gasteiger partial charge is 0.353 e. The highest BCUT2D eigenvalue weighted by atomic mass is 35.5. The molecule has 1 N–H and O–H groups in total. The molecule has 28 heavy (non-hydrogen) atoms. The molecule has 0 aliphatic heterocycles. The van der Waals surface area contributed by atoms with Crippen LogP contribution in [0.3, 0.4) is 0 Å². The fourth-order valence-corrected chi connectivity index (χ4v) is 3.48. The van der Waals surface area contributed by atoms with E-state index in [4.69, 9.17) is 16.6 Å². The molecule has 0 amide bonds. The van der Waals surface area contributed by atoms with Gasteiger partial charge in [-0.2, -0.15) is 0 Å². The molecule has 0 aliphatic rings. The van der Waals surface area contributed by atoms with Gasteiger partial charge in [0.15, 0.2) is 0 Å². The minimum atomic E-state index is 0.337. The third-order valence-corrected chi connectivity index (χ3v) is 4.97. The zero-order valence-electron chi connectivity index (χ0n) is 16.3. The summed E-state index contributed by atoms with van der Waals surface area (Å²) >= 11 is 5.98. The molecule has 0 aliphatic carbocycles. The average Bonchev–Trinajstić information content (AvgIpc) is 3.04. The van der Waals surface area contributed by atoms with Gasteiger partial charge >= 0.3 is 0 Å². The van der Waals surface area contributed by atoms with E-state index in [9.17, 15) is 0 Å². The van der Waals surface area contributed by atoms with Crippen molar-refractivity contribution >= 4 is 28.6 Å². The first kappa shape index (κ1) is 18.5. The summed E-state index contributed by atoms with van der Waals surface area (Å²) in [5, 5.41) is 4.16. The third-order valence-electron chi connectivity index (χ3n) is 4.72. The molecule has 0 fully saturated rings. The number of rotatable bonds is 5. The maximum atomic E-state index is 5.98. The van der Waals surface area contributed by atoms with Gasteiger partial charge in [-0.15, -0.1) is 0 Å². The molecule has 4 nitrogen and oxygen atoms in total. The Morgan fingerprint density at radius 1 is 0.964 bits per heavy atom. The van der Waals surface area contributed by atoms with Crippen LogP contribution in [0.15, 0.2) is 60.8 Å². The number of fused-ring (bicyclic) bond motifs is 1. The lowest BCUT2D eigenvalue weighted by molar-refractivity contribution is 0.767. The maximum Gasteiger partial charge on any atom is 0.204 e. The molecule has 0 radical (unpaired) electrons. The van der Waals surface area contributed by atoms with Crippen molar-refractivity contribution in [1.29, 1.82) is 0 Å². The van der Waals surface area contributed by atoms with Gasteiger partial charge in [0.2, 0.25) is 5.95 Å². The number of nitrogens with one attached hydrogen (secondary N) is 1. The second-order valence-electron chi connectivity index (χ2n) is 7.12. The lowest BCUT2D eigenvalue weighted by Gasteiger charge is -2.11. The predicted molar refractivity (Wildman–Crippen MR) is 118 cm³/mol. The molecule has 2 aromatic carbocycles. The van der Waals surface area contributed by atoms with E-state index in [0.29, 0.717) is 6.04 Å². The summed E-state index contributed by atoms with van der Waals surface area (Å²) in [6.07, 6.45) is 1.90. The van der Waals surface area contributed by atoms with Crippen LogP contribution >= 0.6 is 11.6 Å². The van der Waals surface area contributed by atoms with Crippen molar-refractivity contribution in [1.82, 2.24) is 14.5 Å². The summed E-state index contributed by atoms with van der Waals surface area (Å²) in [5.74, 6) is 0.913. The van der Waals surface area contributed by atoms with Crippen LogP contribution in [-0.2, 0) is 6.54 Å². The molecule has 0 spiro atoms. The van der Waals surface area contributed by atoms with E-state index in [0.717, 1.165) is 50.9 Å². The van der Waals surface area contributed by atoms with Crippen molar-refractivity contribution in [3.63, 3.8) is 0 Å². The van der Waals surface area contributed by atoms with Gasteiger partial charge in [0.05, 0.1) is 16.7 Å². The molecule has 0 unspecified atom stereocenters. The summed E-state index contributed by atoms with van der Waals surface area (Å²) in [5.41, 5.74) is 6.28. The average molecular weight is 391 g/mol. The summed E-state index contributed by atoms with van der Waals surface area (Å²) in [7, 11) is 0. The second-order valence-corrected chi connectivity index (χ2v) is 7.56. The van der Waals surface area contributed by atoms with Gasteiger partial charge in [-0.1, -0.05) is 35.9 Å². The first-order chi connectivity index (χ1) is 13.5. The molecular weight excluding hydrogens is 368 g/mol. The Morgan fingerprint density at radius 3 is 2.32 bits per heavy atom. The quantitative estimate of drug-likeness (QED) is 0.437. The standard InChI is InChI=1S/C23H23ClN4/c1-4-28-22-12-8-17(13-21(22)27-23(28)26-15(2)3)20-11-7-18(14-25-20)16-5-9-19(24)10-6-16/h5-15H,4H2,1-3H3,(H,26,27). The normalized spacial score (nSPS) is 11.3. The number of hydrogen-bond donors (Lipinski definition) is 1. The van der Waals surface area contributed by atoms with Crippen molar-refractivity contribution in [2.24, 2.45) is 0 Å². The van der Waals surface area contributed by atoms with Gasteiger partial charge < -0.3 is 9.88 Å². The molecule has 4 rings (SSSR count). The third kappa shape index (κ3) is 3.60. The molecule has 0 atom stereocenters. The summed E-state index contributed by atoms with van der Waals surface area (Å²) < 4.78 is 2.20. The Bertz CT molecular complexity index is 1100. The minimum absolute atomic E-state index is 0.337. The van der Waals surface area contributed by atoms with Crippen LogP contribution in [0.25, 0.3) is 33.4 Å². The molecule has 5 heteroatoms. The van der Waals surface area contributed by atoms with Crippen molar-refractivity contribution in [3.05, 3.63) is 65.8 Å². The van der Waals surface area contributed by atoms with Crippen LogP contribution in [-0.4, -0.2) is 20.6 Å². The number of benzene rings is 2. The highest BCUT2D eigenvalue weighted by Crippen LogP contribution is 2.28. The number of hydrogen-bond acceptors (Lipinski definition) is 3. The van der Waals surface area contributed by atoms with Gasteiger partial charge in [0.25, 0.3) is 0 Å². The summed E-state index contributed by atoms with van der Waals surface area (Å²) in [4.78, 5) is 9.46. The molecule has 0 bridgehead atoms. The summed E-state index contributed by atoms with van der Waals surface area (Å²) in [6.45, 7) is 7.25. The Labute approximate surface area is 170 Å². The Hall–Kier alpha value is -2.85. The number of aromatic nitrogens is 3. The van der Waals surface area contributed by atoms with E-state index in [1.165, 1.54) is 0 Å². The van der Waals surface area contributed by atoms with Gasteiger partial charge in [-0.25, -0.2) is 4.98 Å². The lowest BCUT2D eigenvalue weighted by Crippen LogP contribution is -2.14. The van der Waals surface area contributed by atoms with Crippen molar-refractivity contribution in [3.8, 4) is 22.4 Å². The van der Waals surface area contributed by atoms with E-state index < -0.39 is 0 Å². The fourth-order valence-electron chi connectivity index (χ4n) is 3.36. The fraction of sp³-hybridized carbons (Fsp3) is 0.217. The van der Waals surface area contributed by atoms with Gasteiger partial charge in [-0.05, 0) is 56.7 Å². The molecular formula is C23H23ClN4. The molecule has 142 valence electrons. The number of halogens is 1. The topological polar surface area (TPSA) is 42.7 Å². The monoisotopic (exact) mass is 390 g/mol. The number of nitrogens with zero attached hydrogens (tertiary/aromatic N) is 3. The SMILES string of the molecule is CCn1c(NC(C)C)nc2cc(-c3ccc(-c4ccc(Cl)cc4)cn3)ccc21. The second kappa shape index (κ2) is 7.64. The smallest absolute Gasteiger partial charge is 0.204 e. The number of imidazole rings is 1. The first-order valence-corrected chi connectivity index (χ1v) is 9.92. The van der Waals surface area contributed by atoms with Crippen LogP contribution in [0.2, 0.25) is 5.02 Å². The van der Waals surface area contributed by atoms with Crippen LogP contribution in [0, 0.1) is 0 Å². The molecule has 0 saturated carbocycles. The van der Waals surface area contributed by atoms with E-state index in [1.807, 2.05) is 30.5 Å².